The van der Waals surface area contributed by atoms with Gasteiger partial charge in [0.1, 0.15) is 11.3 Å². The lowest BCUT2D eigenvalue weighted by molar-refractivity contribution is -0.134. The first-order valence-corrected chi connectivity index (χ1v) is 14.6. The Labute approximate surface area is 233 Å². The van der Waals surface area contributed by atoms with E-state index in [1.54, 1.807) is 0 Å². The number of nitrogens with one attached hydrogen (secondary N) is 1. The van der Waals surface area contributed by atoms with E-state index >= 15 is 0 Å². The summed E-state index contributed by atoms with van der Waals surface area (Å²) in [7, 11) is 0. The van der Waals surface area contributed by atoms with Crippen LogP contribution in [0.2, 0.25) is 5.02 Å². The lowest BCUT2D eigenvalue weighted by Crippen LogP contribution is -2.49. The highest BCUT2D eigenvalue weighted by Crippen LogP contribution is 2.35. The van der Waals surface area contributed by atoms with E-state index in [1.165, 1.54) is 18.4 Å². The molecule has 0 spiro atoms. The molecule has 4 aromatic rings. The first-order valence-electron chi connectivity index (χ1n) is 14.2. The number of aromatic amines is 1. The molecule has 1 atom stereocenters. The first-order chi connectivity index (χ1) is 19.0. The summed E-state index contributed by atoms with van der Waals surface area (Å²) in [5.41, 5.74) is 5.89. The number of hydrogen-bond acceptors (Lipinski definition) is 5. The number of carbonyl (C=O) groups excluding carboxylic acids is 1. The summed E-state index contributed by atoms with van der Waals surface area (Å²) >= 11 is 6.86. The van der Waals surface area contributed by atoms with Gasteiger partial charge >= 0.3 is 0 Å². The molecule has 1 unspecified atom stereocenters. The van der Waals surface area contributed by atoms with Crippen molar-refractivity contribution in [1.29, 1.82) is 0 Å². The van der Waals surface area contributed by atoms with Gasteiger partial charge in [0.15, 0.2) is 0 Å². The Morgan fingerprint density at radius 2 is 1.95 bits per heavy atom. The van der Waals surface area contributed by atoms with Crippen molar-refractivity contribution in [2.75, 3.05) is 26.2 Å². The van der Waals surface area contributed by atoms with Gasteiger partial charge in [0.2, 0.25) is 5.91 Å². The molecule has 1 aromatic carbocycles. The van der Waals surface area contributed by atoms with Crippen LogP contribution in [0.4, 0.5) is 0 Å². The number of amides is 1. The van der Waals surface area contributed by atoms with Crippen molar-refractivity contribution in [3.8, 4) is 11.1 Å². The molecular formula is C30H34ClN7O. The van der Waals surface area contributed by atoms with Gasteiger partial charge in [0.05, 0.1) is 16.7 Å². The van der Waals surface area contributed by atoms with E-state index in [0.717, 1.165) is 85.2 Å². The van der Waals surface area contributed by atoms with Crippen molar-refractivity contribution in [3.05, 3.63) is 65.0 Å². The van der Waals surface area contributed by atoms with Crippen LogP contribution in [0.5, 0.6) is 0 Å². The summed E-state index contributed by atoms with van der Waals surface area (Å²) in [6.45, 7) is 6.67. The largest absolute Gasteiger partial charge is 0.342 e. The second-order valence-corrected chi connectivity index (χ2v) is 11.8. The fraction of sp³-hybridized carbons (Fsp3) is 0.467. The molecule has 0 bridgehead atoms. The van der Waals surface area contributed by atoms with Crippen molar-refractivity contribution in [3.63, 3.8) is 0 Å². The molecule has 4 heterocycles. The highest BCUT2D eigenvalue weighted by Gasteiger charge is 2.35. The van der Waals surface area contributed by atoms with Gasteiger partial charge in [-0.15, -0.1) is 0 Å². The second kappa shape index (κ2) is 10.1. The summed E-state index contributed by atoms with van der Waals surface area (Å²) in [5, 5.41) is 5.18. The average molecular weight is 544 g/mol. The van der Waals surface area contributed by atoms with Crippen LogP contribution in [0.25, 0.3) is 22.2 Å². The molecular weight excluding hydrogens is 510 g/mol. The summed E-state index contributed by atoms with van der Waals surface area (Å²) in [6.07, 6.45) is 11.2. The van der Waals surface area contributed by atoms with Gasteiger partial charge < -0.3 is 9.88 Å². The molecule has 7 rings (SSSR count). The standard InChI is InChI=1S/C30H34ClN7O/c1-19(36-10-12-37(13-11-36)30(39)21-4-5-21)22-8-9-32-24(14-22)15-27-34-26-7-6-25(28(31)29(26)35-27)23-16-33-38(18-23)17-20-2-3-20/h6-9,14,16,18-21H,2-5,10-13,15,17H2,1H3,(H,34,35). The lowest BCUT2D eigenvalue weighted by atomic mass is 10.1. The van der Waals surface area contributed by atoms with Crippen LogP contribution >= 0.6 is 11.6 Å². The van der Waals surface area contributed by atoms with Crippen LogP contribution in [-0.4, -0.2) is 66.6 Å². The molecule has 39 heavy (non-hydrogen) atoms. The minimum Gasteiger partial charge on any atom is -0.342 e. The molecule has 1 N–H and O–H groups in total. The van der Waals surface area contributed by atoms with Crippen LogP contribution in [-0.2, 0) is 17.8 Å². The van der Waals surface area contributed by atoms with Gasteiger partial charge in [0.25, 0.3) is 0 Å². The van der Waals surface area contributed by atoms with E-state index in [-0.39, 0.29) is 6.04 Å². The van der Waals surface area contributed by atoms with Crippen molar-refractivity contribution in [2.24, 2.45) is 11.8 Å². The molecule has 2 saturated carbocycles. The van der Waals surface area contributed by atoms with Crippen LogP contribution < -0.4 is 0 Å². The Kier molecular flexibility index (Phi) is 6.40. The third-order valence-corrected chi connectivity index (χ3v) is 8.88. The topological polar surface area (TPSA) is 82.9 Å². The number of nitrogens with zero attached hydrogens (tertiary/aromatic N) is 6. The number of aromatic nitrogens is 5. The Morgan fingerprint density at radius 3 is 2.72 bits per heavy atom. The van der Waals surface area contributed by atoms with Crippen molar-refractivity contribution >= 4 is 28.5 Å². The van der Waals surface area contributed by atoms with Gasteiger partial charge in [-0.2, -0.15) is 5.10 Å². The fourth-order valence-corrected chi connectivity index (χ4v) is 6.04. The van der Waals surface area contributed by atoms with Gasteiger partial charge in [-0.25, -0.2) is 4.98 Å². The minimum atomic E-state index is 0.262. The molecule has 202 valence electrons. The van der Waals surface area contributed by atoms with E-state index in [9.17, 15) is 4.79 Å². The van der Waals surface area contributed by atoms with Crippen LogP contribution in [0.3, 0.4) is 0 Å². The summed E-state index contributed by atoms with van der Waals surface area (Å²) in [6, 6.07) is 8.63. The zero-order valence-electron chi connectivity index (χ0n) is 22.3. The number of hydrogen-bond donors (Lipinski definition) is 1. The van der Waals surface area contributed by atoms with Crippen LogP contribution in [0.1, 0.15) is 55.7 Å². The van der Waals surface area contributed by atoms with Gasteiger partial charge in [-0.05, 0) is 62.3 Å². The third kappa shape index (κ3) is 5.20. The van der Waals surface area contributed by atoms with E-state index in [0.29, 0.717) is 23.3 Å². The lowest BCUT2D eigenvalue weighted by Gasteiger charge is -2.38. The average Bonchev–Trinajstić information content (AvgIpc) is 3.88. The summed E-state index contributed by atoms with van der Waals surface area (Å²) in [5.74, 6) is 2.27. The molecule has 3 fully saturated rings. The monoisotopic (exact) mass is 543 g/mol. The number of carbonyl (C=O) groups is 1. The number of benzene rings is 1. The minimum absolute atomic E-state index is 0.262. The van der Waals surface area contributed by atoms with Crippen molar-refractivity contribution < 1.29 is 4.79 Å². The first kappa shape index (κ1) is 24.8. The number of pyridine rings is 1. The fourth-order valence-electron chi connectivity index (χ4n) is 5.72. The molecule has 1 aliphatic heterocycles. The third-order valence-electron chi connectivity index (χ3n) is 8.50. The quantitative estimate of drug-likeness (QED) is 0.335. The van der Waals surface area contributed by atoms with Gasteiger partial charge in [-0.1, -0.05) is 17.7 Å². The Bertz CT molecular complexity index is 1510. The second-order valence-electron chi connectivity index (χ2n) is 11.5. The van der Waals surface area contributed by atoms with Crippen LogP contribution in [0.15, 0.2) is 42.9 Å². The Morgan fingerprint density at radius 1 is 1.13 bits per heavy atom. The Hall–Kier alpha value is -3.23. The maximum atomic E-state index is 12.4. The molecule has 3 aromatic heterocycles. The highest BCUT2D eigenvalue weighted by atomic mass is 35.5. The number of piperazine rings is 1. The van der Waals surface area contributed by atoms with E-state index in [4.69, 9.17) is 16.6 Å². The number of rotatable bonds is 8. The van der Waals surface area contributed by atoms with Gasteiger partial charge in [-0.3, -0.25) is 19.4 Å². The number of imidazole rings is 1. The molecule has 3 aliphatic rings. The summed E-state index contributed by atoms with van der Waals surface area (Å²) < 4.78 is 2.02. The number of halogens is 1. The SMILES string of the molecule is CC(c1ccnc(Cc2nc3c(Cl)c(-c4cnn(CC5CC5)c4)ccc3[nH]2)c1)N1CCN(C(=O)C2CC2)CC1. The normalized spacial score (nSPS) is 19.1. The predicted octanol–water partition coefficient (Wildman–Crippen LogP) is 5.09. The molecule has 0 radical (unpaired) electrons. The smallest absolute Gasteiger partial charge is 0.225 e. The van der Waals surface area contributed by atoms with Crippen LogP contribution in [0, 0.1) is 11.8 Å². The summed E-state index contributed by atoms with van der Waals surface area (Å²) in [4.78, 5) is 29.9. The molecule has 1 amide bonds. The Balaban J connectivity index is 1.04. The maximum Gasteiger partial charge on any atom is 0.225 e. The molecule has 2 aliphatic carbocycles. The predicted molar refractivity (Wildman–Crippen MR) is 151 cm³/mol. The van der Waals surface area contributed by atoms with Gasteiger partial charge in [0, 0.05) is 80.3 Å². The maximum absolute atomic E-state index is 12.4. The number of fused-ring (bicyclic) bond motifs is 1. The molecule has 9 heteroatoms. The van der Waals surface area contributed by atoms with E-state index in [2.05, 4.69) is 50.1 Å². The molecule has 8 nitrogen and oxygen atoms in total. The van der Waals surface area contributed by atoms with Crippen molar-refractivity contribution in [2.45, 2.75) is 51.6 Å². The van der Waals surface area contributed by atoms with Crippen molar-refractivity contribution in [1.82, 2.24) is 34.5 Å². The zero-order chi connectivity index (χ0) is 26.5. The number of H-pyrrole nitrogens is 1. The highest BCUT2D eigenvalue weighted by molar-refractivity contribution is 6.37. The van der Waals surface area contributed by atoms with E-state index in [1.807, 2.05) is 29.2 Å². The van der Waals surface area contributed by atoms with E-state index < -0.39 is 0 Å². The zero-order valence-corrected chi connectivity index (χ0v) is 23.1. The molecule has 1 saturated heterocycles.